The molecule has 1 aromatic heterocycles. The molecule has 1 atom stereocenters. The highest BCUT2D eigenvalue weighted by molar-refractivity contribution is 9.10. The number of likely N-dealkylation sites (N-methyl/N-ethyl adjacent to an activating group) is 1. The van der Waals surface area contributed by atoms with Gasteiger partial charge in [-0.3, -0.25) is 10.00 Å². The Labute approximate surface area is 114 Å². The summed E-state index contributed by atoms with van der Waals surface area (Å²) in [6.45, 7) is 5.29. The van der Waals surface area contributed by atoms with Crippen LogP contribution >= 0.6 is 15.9 Å². The number of H-pyrrole nitrogens is 1. The standard InChI is InChI=1S/C11H16BrN3O3/c1-11(2,3)18-10(17)15(4)8(6-16)9-7(12)5-13-14-9/h5-6,8H,1-4H3,(H,13,14). The van der Waals surface area contributed by atoms with Crippen molar-refractivity contribution in [2.45, 2.75) is 32.4 Å². The second kappa shape index (κ2) is 5.51. The van der Waals surface area contributed by atoms with Gasteiger partial charge in [0.25, 0.3) is 0 Å². The van der Waals surface area contributed by atoms with Crippen LogP contribution in [0, 0.1) is 0 Å². The molecule has 0 fully saturated rings. The third kappa shape index (κ3) is 3.56. The van der Waals surface area contributed by atoms with Crippen LogP contribution < -0.4 is 0 Å². The molecule has 1 rings (SSSR count). The van der Waals surface area contributed by atoms with Gasteiger partial charge in [-0.1, -0.05) is 0 Å². The predicted octanol–water partition coefficient (Wildman–Crippen LogP) is 2.28. The second-order valence-electron chi connectivity index (χ2n) is 4.80. The molecule has 1 heterocycles. The summed E-state index contributed by atoms with van der Waals surface area (Å²) in [5, 5.41) is 6.47. The maximum absolute atomic E-state index is 11.9. The number of carbonyl (C=O) groups is 2. The van der Waals surface area contributed by atoms with E-state index >= 15 is 0 Å². The summed E-state index contributed by atoms with van der Waals surface area (Å²) >= 11 is 3.26. The number of nitrogens with zero attached hydrogens (tertiary/aromatic N) is 2. The van der Waals surface area contributed by atoms with Crippen molar-refractivity contribution in [2.75, 3.05) is 7.05 Å². The van der Waals surface area contributed by atoms with Crippen molar-refractivity contribution in [3.05, 3.63) is 16.4 Å². The van der Waals surface area contributed by atoms with Crippen LogP contribution in [0.3, 0.4) is 0 Å². The Morgan fingerprint density at radius 3 is 2.61 bits per heavy atom. The van der Waals surface area contributed by atoms with Gasteiger partial charge >= 0.3 is 6.09 Å². The van der Waals surface area contributed by atoms with Gasteiger partial charge in [0, 0.05) is 7.05 Å². The van der Waals surface area contributed by atoms with Gasteiger partial charge in [0.15, 0.2) is 0 Å². The normalized spacial score (nSPS) is 12.9. The van der Waals surface area contributed by atoms with Crippen LogP contribution in [-0.2, 0) is 9.53 Å². The summed E-state index contributed by atoms with van der Waals surface area (Å²) in [5.74, 6) is 0. The number of aldehydes is 1. The first kappa shape index (κ1) is 14.7. The van der Waals surface area contributed by atoms with E-state index in [2.05, 4.69) is 26.1 Å². The number of aromatic nitrogens is 2. The van der Waals surface area contributed by atoms with Crippen molar-refractivity contribution in [3.63, 3.8) is 0 Å². The summed E-state index contributed by atoms with van der Waals surface area (Å²) in [4.78, 5) is 24.2. The lowest BCUT2D eigenvalue weighted by Crippen LogP contribution is -2.37. The summed E-state index contributed by atoms with van der Waals surface area (Å²) in [7, 11) is 1.50. The third-order valence-electron chi connectivity index (χ3n) is 2.14. The highest BCUT2D eigenvalue weighted by Gasteiger charge is 2.28. The maximum Gasteiger partial charge on any atom is 0.410 e. The van der Waals surface area contributed by atoms with Crippen LogP contribution in [0.4, 0.5) is 4.79 Å². The van der Waals surface area contributed by atoms with Crippen molar-refractivity contribution in [3.8, 4) is 0 Å². The van der Waals surface area contributed by atoms with Crippen molar-refractivity contribution in [2.24, 2.45) is 0 Å². The third-order valence-corrected chi connectivity index (χ3v) is 2.78. The van der Waals surface area contributed by atoms with Gasteiger partial charge in [0.1, 0.15) is 17.9 Å². The fraction of sp³-hybridized carbons (Fsp3) is 0.545. The van der Waals surface area contributed by atoms with Crippen molar-refractivity contribution in [1.82, 2.24) is 15.1 Å². The molecule has 1 unspecified atom stereocenters. The van der Waals surface area contributed by atoms with Crippen LogP contribution in [-0.4, -0.2) is 40.1 Å². The molecule has 0 bridgehead atoms. The van der Waals surface area contributed by atoms with Crippen LogP contribution in [0.25, 0.3) is 0 Å². The highest BCUT2D eigenvalue weighted by atomic mass is 79.9. The first-order valence-electron chi connectivity index (χ1n) is 5.36. The number of hydrogen-bond donors (Lipinski definition) is 1. The van der Waals surface area contributed by atoms with Gasteiger partial charge in [-0.05, 0) is 36.7 Å². The quantitative estimate of drug-likeness (QED) is 0.868. The minimum Gasteiger partial charge on any atom is -0.444 e. The Morgan fingerprint density at radius 2 is 2.22 bits per heavy atom. The number of hydrogen-bond acceptors (Lipinski definition) is 4. The number of halogens is 1. The van der Waals surface area contributed by atoms with Crippen molar-refractivity contribution >= 4 is 28.3 Å². The molecular weight excluding hydrogens is 302 g/mol. The van der Waals surface area contributed by atoms with Gasteiger partial charge in [-0.25, -0.2) is 4.79 Å². The Morgan fingerprint density at radius 1 is 1.61 bits per heavy atom. The van der Waals surface area contributed by atoms with E-state index in [4.69, 9.17) is 4.74 Å². The first-order chi connectivity index (χ1) is 8.26. The zero-order valence-corrected chi connectivity index (χ0v) is 12.3. The van der Waals surface area contributed by atoms with E-state index < -0.39 is 17.7 Å². The van der Waals surface area contributed by atoms with E-state index in [1.54, 1.807) is 20.8 Å². The monoisotopic (exact) mass is 317 g/mol. The molecule has 1 amide bonds. The zero-order valence-electron chi connectivity index (χ0n) is 10.7. The molecule has 0 aliphatic rings. The van der Waals surface area contributed by atoms with Gasteiger partial charge in [-0.15, -0.1) is 0 Å². The van der Waals surface area contributed by atoms with Gasteiger partial charge in [-0.2, -0.15) is 5.10 Å². The van der Waals surface area contributed by atoms with E-state index in [9.17, 15) is 9.59 Å². The van der Waals surface area contributed by atoms with E-state index in [1.807, 2.05) is 0 Å². The average Bonchev–Trinajstić information content (AvgIpc) is 2.63. The summed E-state index contributed by atoms with van der Waals surface area (Å²) in [6, 6.07) is -0.767. The van der Waals surface area contributed by atoms with Gasteiger partial charge < -0.3 is 9.53 Å². The molecule has 0 aliphatic carbocycles. The van der Waals surface area contributed by atoms with Gasteiger partial charge in [0.2, 0.25) is 0 Å². The summed E-state index contributed by atoms with van der Waals surface area (Å²) in [6.07, 6.45) is 1.61. The molecule has 0 spiro atoms. The second-order valence-corrected chi connectivity index (χ2v) is 5.66. The van der Waals surface area contributed by atoms with Crippen LogP contribution in [0.2, 0.25) is 0 Å². The largest absolute Gasteiger partial charge is 0.444 e. The molecule has 7 heteroatoms. The fourth-order valence-corrected chi connectivity index (χ4v) is 1.71. The SMILES string of the molecule is CN(C(=O)OC(C)(C)C)C(C=O)c1[nH]ncc1Br. The number of nitrogens with one attached hydrogen (secondary N) is 1. The van der Waals surface area contributed by atoms with E-state index in [0.717, 1.165) is 0 Å². The Balaban J connectivity index is 2.87. The highest BCUT2D eigenvalue weighted by Crippen LogP contribution is 2.24. The molecule has 0 aromatic carbocycles. The topological polar surface area (TPSA) is 75.3 Å². The summed E-state index contributed by atoms with van der Waals surface area (Å²) in [5.41, 5.74) is -0.0948. The Hall–Kier alpha value is -1.37. The molecule has 1 aromatic rings. The Bertz CT molecular complexity index is 439. The Kier molecular flexibility index (Phi) is 4.50. The lowest BCUT2D eigenvalue weighted by molar-refractivity contribution is -0.112. The number of carbonyl (C=O) groups excluding carboxylic acids is 2. The number of aromatic amines is 1. The molecule has 0 saturated heterocycles. The summed E-state index contributed by atoms with van der Waals surface area (Å²) < 4.78 is 5.83. The number of amides is 1. The maximum atomic E-state index is 11.9. The smallest absolute Gasteiger partial charge is 0.410 e. The lowest BCUT2D eigenvalue weighted by Gasteiger charge is -2.27. The van der Waals surface area contributed by atoms with Crippen LogP contribution in [0.15, 0.2) is 10.7 Å². The molecule has 1 N–H and O–H groups in total. The molecule has 100 valence electrons. The van der Waals surface area contributed by atoms with E-state index in [1.165, 1.54) is 18.1 Å². The fourth-order valence-electron chi connectivity index (χ4n) is 1.29. The molecule has 0 aliphatic heterocycles. The van der Waals surface area contributed by atoms with Crippen molar-refractivity contribution in [1.29, 1.82) is 0 Å². The predicted molar refractivity (Wildman–Crippen MR) is 69.1 cm³/mol. The molecule has 6 nitrogen and oxygen atoms in total. The van der Waals surface area contributed by atoms with E-state index in [-0.39, 0.29) is 0 Å². The van der Waals surface area contributed by atoms with Crippen LogP contribution in [0.5, 0.6) is 0 Å². The van der Waals surface area contributed by atoms with E-state index in [0.29, 0.717) is 16.5 Å². The van der Waals surface area contributed by atoms with Crippen LogP contribution in [0.1, 0.15) is 32.5 Å². The minimum absolute atomic E-state index is 0.512. The van der Waals surface area contributed by atoms with Crippen molar-refractivity contribution < 1.29 is 14.3 Å². The zero-order chi connectivity index (χ0) is 13.9. The lowest BCUT2D eigenvalue weighted by atomic mass is 10.2. The number of ether oxygens (including phenoxy) is 1. The number of rotatable bonds is 3. The molecule has 0 saturated carbocycles. The minimum atomic E-state index is -0.767. The molecule has 0 radical (unpaired) electrons. The molecule has 18 heavy (non-hydrogen) atoms. The molecular formula is C11H16BrN3O3. The average molecular weight is 318 g/mol. The first-order valence-corrected chi connectivity index (χ1v) is 6.15. The van der Waals surface area contributed by atoms with Gasteiger partial charge in [0.05, 0.1) is 16.4 Å².